The average molecular weight is 934 g/mol. The van der Waals surface area contributed by atoms with Gasteiger partial charge >= 0.3 is 12.2 Å². The first-order valence-electron chi connectivity index (χ1n) is 22.1. The number of carbonyl (C=O) groups excluding carboxylic acids is 4. The normalized spacial score (nSPS) is 20.6. The van der Waals surface area contributed by atoms with Gasteiger partial charge in [-0.15, -0.1) is 22.7 Å². The first kappa shape index (κ1) is 44.7. The summed E-state index contributed by atoms with van der Waals surface area (Å²) in [7, 11) is 5.88. The summed E-state index contributed by atoms with van der Waals surface area (Å²) >= 11 is 3.11. The van der Waals surface area contributed by atoms with E-state index >= 15 is 0 Å². The van der Waals surface area contributed by atoms with Gasteiger partial charge in [0.2, 0.25) is 11.8 Å². The number of benzene rings is 1. The number of nitrogens with one attached hydrogen (secondary N) is 3. The van der Waals surface area contributed by atoms with Crippen LogP contribution in [-0.4, -0.2) is 139 Å². The highest BCUT2D eigenvalue weighted by molar-refractivity contribution is 7.24. The van der Waals surface area contributed by atoms with Crippen molar-refractivity contribution >= 4 is 66.8 Å². The van der Waals surface area contributed by atoms with Crippen molar-refractivity contribution in [3.63, 3.8) is 0 Å². The van der Waals surface area contributed by atoms with E-state index in [2.05, 4.69) is 27.4 Å². The van der Waals surface area contributed by atoms with E-state index in [1.165, 1.54) is 14.2 Å². The first-order valence-corrected chi connectivity index (χ1v) is 23.7. The van der Waals surface area contributed by atoms with Gasteiger partial charge in [-0.3, -0.25) is 9.59 Å². The predicted molar refractivity (Wildman–Crippen MR) is 241 cm³/mol. The Bertz CT molecular complexity index is 2480. The number of likely N-dealkylation sites (tertiary alicyclic amines) is 2. The molecule has 0 saturated carbocycles. The van der Waals surface area contributed by atoms with Gasteiger partial charge in [-0.05, 0) is 75.3 Å². The number of thiophene rings is 2. The molecule has 65 heavy (non-hydrogen) atoms. The first-order chi connectivity index (χ1) is 31.6. The number of amides is 4. The van der Waals surface area contributed by atoms with Crippen LogP contribution < -0.4 is 20.6 Å². The van der Waals surface area contributed by atoms with Crippen molar-refractivity contribution < 1.29 is 47.6 Å². The zero-order valence-corrected chi connectivity index (χ0v) is 38.5. The van der Waals surface area contributed by atoms with E-state index in [-0.39, 0.29) is 35.7 Å². The van der Waals surface area contributed by atoms with Gasteiger partial charge < -0.3 is 53.5 Å². The van der Waals surface area contributed by atoms with Crippen LogP contribution in [0.3, 0.4) is 0 Å². The molecule has 4 fully saturated rings. The topological polar surface area (TPSA) is 229 Å². The third-order valence-corrected chi connectivity index (χ3v) is 15.6. The number of H-pyrrole nitrogens is 2. The van der Waals surface area contributed by atoms with Crippen LogP contribution in [0.25, 0.3) is 41.3 Å². The summed E-state index contributed by atoms with van der Waals surface area (Å²) in [5.74, 6) is 8.42. The van der Waals surface area contributed by atoms with Crippen LogP contribution in [0.4, 0.5) is 9.59 Å². The van der Waals surface area contributed by atoms with E-state index in [0.717, 1.165) is 65.6 Å². The van der Waals surface area contributed by atoms with E-state index in [9.17, 15) is 19.2 Å². The Labute approximate surface area is 383 Å². The summed E-state index contributed by atoms with van der Waals surface area (Å²) in [5, 5.41) is 5.52. The van der Waals surface area contributed by atoms with Gasteiger partial charge in [0.05, 0.1) is 83.5 Å². The number of ether oxygens (including phenoxy) is 6. The number of rotatable bonds is 12. The minimum absolute atomic E-state index is 0.0594. The van der Waals surface area contributed by atoms with E-state index in [1.807, 2.05) is 4.90 Å². The molecule has 0 unspecified atom stereocenters. The molecule has 5 N–H and O–H groups in total. The molecule has 348 valence electrons. The summed E-state index contributed by atoms with van der Waals surface area (Å²) in [6, 6.07) is 1.93. The van der Waals surface area contributed by atoms with Gasteiger partial charge in [-0.1, -0.05) is 0 Å². The minimum Gasteiger partial charge on any atom is -0.495 e. The molecule has 9 rings (SSSR count). The number of aromatic amines is 2. The SMILES string of the molecule is COC(=O)N[C@H](C(=O)N1CCC[C@H]1c1ncc(-c2cc3c(OC)c4sc(-c5cnc([C@@H]6CCCN6C(=O)[C@H](C6CCOCC6)N(N)C(=O)OC)[nH]5)cc4c(OC)c3s2)[nH]1)C1CCOCC1. The second-order valence-electron chi connectivity index (χ2n) is 16.9. The average Bonchev–Trinajstić information content (AvgIpc) is 4.20. The summed E-state index contributed by atoms with van der Waals surface area (Å²) in [5.41, 5.74) is 1.59. The Kier molecular flexibility index (Phi) is 13.2. The Hall–Kier alpha value is -5.48. The number of fused-ring (bicyclic) bond motifs is 2. The lowest BCUT2D eigenvalue weighted by molar-refractivity contribution is -0.141. The number of hydrogen-bond acceptors (Lipinski definition) is 15. The number of hydrazine groups is 1. The van der Waals surface area contributed by atoms with Gasteiger partial charge in [0.1, 0.15) is 35.2 Å². The highest BCUT2D eigenvalue weighted by atomic mass is 32.1. The quantitative estimate of drug-likeness (QED) is 0.0628. The van der Waals surface area contributed by atoms with Crippen molar-refractivity contribution in [3.05, 3.63) is 36.2 Å². The fraction of sp³-hybridized carbons (Fsp3) is 0.545. The van der Waals surface area contributed by atoms with Crippen LogP contribution in [0, 0.1) is 11.8 Å². The molecule has 21 heteroatoms. The Morgan fingerprint density at radius 2 is 1.23 bits per heavy atom. The van der Waals surface area contributed by atoms with E-state index < -0.39 is 24.3 Å². The summed E-state index contributed by atoms with van der Waals surface area (Å²) < 4.78 is 35.0. The van der Waals surface area contributed by atoms with E-state index in [1.54, 1.807) is 54.2 Å². The van der Waals surface area contributed by atoms with Crippen molar-refractivity contribution in [1.82, 2.24) is 40.1 Å². The molecule has 8 heterocycles. The number of alkyl carbamates (subject to hydrolysis) is 1. The standard InChI is InChI=1S/C44H55N9O10S2/c1-58-35-25-19-31(27-21-46-39(48-27)29-7-5-13-51(29)41(54)33(50-43(56)60-3)23-9-15-62-16-10-23)64-37(25)36(59-2)26-20-32(65-38(26)35)28-22-47-40(49-28)30-8-6-14-52(30)42(55)34(53(45)44(57)61-4)24-11-17-63-18-12-24/h19-24,29-30,33-34H,5-18,45H2,1-4H3,(H,46,48)(H,47,49)(H,50,56)/t29-,30-,33-,34-/m0/s1. The lowest BCUT2D eigenvalue weighted by Crippen LogP contribution is -2.58. The maximum absolute atomic E-state index is 14.3. The van der Waals surface area contributed by atoms with E-state index in [4.69, 9.17) is 44.2 Å². The van der Waals surface area contributed by atoms with Crippen LogP contribution in [0.2, 0.25) is 0 Å². The highest BCUT2D eigenvalue weighted by Gasteiger charge is 2.44. The summed E-state index contributed by atoms with van der Waals surface area (Å²) in [4.78, 5) is 75.5. The van der Waals surface area contributed by atoms with Crippen LogP contribution in [0.1, 0.15) is 75.1 Å². The lowest BCUT2D eigenvalue weighted by atomic mass is 9.90. The molecule has 4 saturated heterocycles. The van der Waals surface area contributed by atoms with Crippen molar-refractivity contribution in [2.24, 2.45) is 17.7 Å². The number of carbonyl (C=O) groups is 4. The highest BCUT2D eigenvalue weighted by Crippen LogP contribution is 2.52. The Balaban J connectivity index is 0.971. The number of methoxy groups -OCH3 is 4. The van der Waals surface area contributed by atoms with E-state index in [0.29, 0.717) is 94.8 Å². The molecule has 4 aromatic heterocycles. The van der Waals surface area contributed by atoms with Gasteiger partial charge in [0.25, 0.3) is 0 Å². The molecule has 0 spiro atoms. The number of imidazole rings is 2. The van der Waals surface area contributed by atoms with Crippen molar-refractivity contribution in [2.45, 2.75) is 75.5 Å². The monoisotopic (exact) mass is 933 g/mol. The molecule has 1 aromatic carbocycles. The van der Waals surface area contributed by atoms with Crippen LogP contribution in [0.5, 0.6) is 11.5 Å². The fourth-order valence-electron chi connectivity index (χ4n) is 10.0. The molecule has 0 radical (unpaired) electrons. The largest absolute Gasteiger partial charge is 0.495 e. The van der Waals surface area contributed by atoms with Gasteiger partial charge in [-0.2, -0.15) is 0 Å². The van der Waals surface area contributed by atoms with Crippen LogP contribution in [0.15, 0.2) is 24.5 Å². The van der Waals surface area contributed by atoms with Crippen molar-refractivity contribution in [2.75, 3.05) is 68.0 Å². The molecular weight excluding hydrogens is 879 g/mol. The minimum atomic E-state index is -0.888. The molecule has 0 bridgehead atoms. The molecule has 4 atom stereocenters. The molecule has 0 aliphatic carbocycles. The van der Waals surface area contributed by atoms with Crippen LogP contribution >= 0.6 is 22.7 Å². The smallest absolute Gasteiger partial charge is 0.424 e. The molecule has 4 aliphatic rings. The van der Waals surface area contributed by atoms with Gasteiger partial charge in [0, 0.05) is 50.3 Å². The van der Waals surface area contributed by atoms with Gasteiger partial charge in [0.15, 0.2) is 0 Å². The second-order valence-corrected chi connectivity index (χ2v) is 19.0. The van der Waals surface area contributed by atoms with Crippen molar-refractivity contribution in [1.29, 1.82) is 0 Å². The Morgan fingerprint density at radius 1 is 0.738 bits per heavy atom. The third kappa shape index (κ3) is 8.47. The molecule has 4 aliphatic heterocycles. The number of aromatic nitrogens is 4. The summed E-state index contributed by atoms with van der Waals surface area (Å²) in [6.45, 7) is 3.13. The molecule has 5 aromatic rings. The summed E-state index contributed by atoms with van der Waals surface area (Å²) in [6.07, 6.45) is 7.77. The second kappa shape index (κ2) is 19.2. The van der Waals surface area contributed by atoms with Gasteiger partial charge in [-0.25, -0.2) is 30.4 Å². The Morgan fingerprint density at radius 3 is 1.71 bits per heavy atom. The lowest BCUT2D eigenvalue weighted by Gasteiger charge is -2.37. The fourth-order valence-corrected chi connectivity index (χ4v) is 12.3. The molecular formula is C44H55N9O10S2. The zero-order valence-electron chi connectivity index (χ0n) is 36.9. The maximum atomic E-state index is 14.3. The number of nitrogens with zero attached hydrogens (tertiary/aromatic N) is 5. The molecule has 19 nitrogen and oxygen atoms in total. The number of hydrogen-bond donors (Lipinski definition) is 4. The third-order valence-electron chi connectivity index (χ3n) is 13.3. The molecule has 4 amide bonds. The zero-order chi connectivity index (χ0) is 45.4. The number of nitrogens with two attached hydrogens (primary N) is 1. The van der Waals surface area contributed by atoms with Crippen LogP contribution in [-0.2, 0) is 28.5 Å². The van der Waals surface area contributed by atoms with Crippen molar-refractivity contribution in [3.8, 4) is 32.6 Å². The maximum Gasteiger partial charge on any atom is 0.424 e. The predicted octanol–water partition coefficient (Wildman–Crippen LogP) is 6.13.